The van der Waals surface area contributed by atoms with Crippen molar-refractivity contribution in [3.8, 4) is 0 Å². The normalized spacial score (nSPS) is 13.2. The largest absolute Gasteiger partial charge is 0.340 e. The molecule has 0 aliphatic rings. The third-order valence-electron chi connectivity index (χ3n) is 1.97. The Morgan fingerprint density at radius 1 is 1.67 bits per heavy atom. The van der Waals surface area contributed by atoms with Gasteiger partial charge in [-0.1, -0.05) is 19.8 Å². The minimum Gasteiger partial charge on any atom is -0.340 e. The number of aryl methyl sites for hydroxylation is 1. The van der Waals surface area contributed by atoms with E-state index in [1.807, 2.05) is 17.8 Å². The number of hydrogen-bond donors (Lipinski definition) is 1. The molecule has 0 aromatic carbocycles. The maximum absolute atomic E-state index is 5.92. The number of imidazole rings is 1. The zero-order valence-corrected chi connectivity index (χ0v) is 7.83. The van der Waals surface area contributed by atoms with Gasteiger partial charge < -0.3 is 10.3 Å². The third kappa shape index (κ3) is 2.34. The molecule has 0 bridgehead atoms. The van der Waals surface area contributed by atoms with Crippen LogP contribution >= 0.6 is 0 Å². The van der Waals surface area contributed by atoms with Crippen molar-refractivity contribution in [1.29, 1.82) is 0 Å². The molecule has 0 saturated heterocycles. The molecule has 1 aromatic rings. The molecule has 0 fully saturated rings. The van der Waals surface area contributed by atoms with E-state index in [0.717, 1.165) is 12.1 Å². The van der Waals surface area contributed by atoms with E-state index in [1.165, 1.54) is 12.8 Å². The Morgan fingerprint density at radius 2 is 2.42 bits per heavy atom. The van der Waals surface area contributed by atoms with Crippen molar-refractivity contribution in [2.24, 2.45) is 12.8 Å². The minimum atomic E-state index is 0.117. The lowest BCUT2D eigenvalue weighted by molar-refractivity contribution is 0.592. The lowest BCUT2D eigenvalue weighted by Crippen LogP contribution is -2.10. The predicted octanol–water partition coefficient (Wildman–Crippen LogP) is 1.61. The molecule has 2 N–H and O–H groups in total. The van der Waals surface area contributed by atoms with Crippen LogP contribution in [0.5, 0.6) is 0 Å². The van der Waals surface area contributed by atoms with Gasteiger partial charge in [-0.3, -0.25) is 0 Å². The summed E-state index contributed by atoms with van der Waals surface area (Å²) in [7, 11) is 1.96. The van der Waals surface area contributed by atoms with E-state index in [2.05, 4.69) is 11.9 Å². The van der Waals surface area contributed by atoms with Gasteiger partial charge in [0.05, 0.1) is 12.0 Å². The molecular weight excluding hydrogens is 150 g/mol. The van der Waals surface area contributed by atoms with E-state index in [1.54, 1.807) is 6.33 Å². The third-order valence-corrected chi connectivity index (χ3v) is 1.97. The van der Waals surface area contributed by atoms with Crippen LogP contribution in [-0.4, -0.2) is 9.55 Å². The Bertz CT molecular complexity index is 229. The van der Waals surface area contributed by atoms with Gasteiger partial charge in [0.25, 0.3) is 0 Å². The molecule has 1 atom stereocenters. The highest BCUT2D eigenvalue weighted by molar-refractivity contribution is 5.02. The Kier molecular flexibility index (Phi) is 3.29. The summed E-state index contributed by atoms with van der Waals surface area (Å²) in [6, 6.07) is 0.117. The van der Waals surface area contributed by atoms with Crippen LogP contribution in [0.3, 0.4) is 0 Å². The Morgan fingerprint density at radius 3 is 2.92 bits per heavy atom. The van der Waals surface area contributed by atoms with Gasteiger partial charge in [-0.15, -0.1) is 0 Å². The molecule has 68 valence electrons. The standard InChI is InChI=1S/C9H17N3/c1-3-4-5-8(10)9-6-12(2)7-11-9/h6-8H,3-5,10H2,1-2H3. The molecule has 12 heavy (non-hydrogen) atoms. The van der Waals surface area contributed by atoms with Crippen LogP contribution in [0, 0.1) is 0 Å². The number of nitrogens with two attached hydrogens (primary N) is 1. The molecule has 0 spiro atoms. The van der Waals surface area contributed by atoms with Crippen LogP contribution in [-0.2, 0) is 7.05 Å². The van der Waals surface area contributed by atoms with Crippen molar-refractivity contribution < 1.29 is 0 Å². The summed E-state index contributed by atoms with van der Waals surface area (Å²) in [6.45, 7) is 2.17. The fourth-order valence-electron chi connectivity index (χ4n) is 1.20. The topological polar surface area (TPSA) is 43.8 Å². The Balaban J connectivity index is 2.47. The van der Waals surface area contributed by atoms with Crippen LogP contribution in [0.15, 0.2) is 12.5 Å². The SMILES string of the molecule is CCCCC(N)c1cn(C)cn1. The summed E-state index contributed by atoms with van der Waals surface area (Å²) in [5.74, 6) is 0. The second kappa shape index (κ2) is 4.26. The lowest BCUT2D eigenvalue weighted by atomic mass is 10.1. The molecule has 1 heterocycles. The maximum Gasteiger partial charge on any atom is 0.0947 e. The van der Waals surface area contributed by atoms with Crippen molar-refractivity contribution >= 4 is 0 Å². The van der Waals surface area contributed by atoms with Crippen molar-refractivity contribution in [2.75, 3.05) is 0 Å². The zero-order valence-electron chi connectivity index (χ0n) is 7.83. The van der Waals surface area contributed by atoms with Gasteiger partial charge in [0, 0.05) is 19.3 Å². The maximum atomic E-state index is 5.92. The van der Waals surface area contributed by atoms with E-state index >= 15 is 0 Å². The Hall–Kier alpha value is -0.830. The molecule has 1 aromatic heterocycles. The van der Waals surface area contributed by atoms with Crippen molar-refractivity contribution in [3.05, 3.63) is 18.2 Å². The Labute approximate surface area is 73.6 Å². The highest BCUT2D eigenvalue weighted by Gasteiger charge is 2.06. The van der Waals surface area contributed by atoms with Crippen molar-refractivity contribution in [2.45, 2.75) is 32.2 Å². The number of rotatable bonds is 4. The molecule has 1 unspecified atom stereocenters. The van der Waals surface area contributed by atoms with E-state index in [9.17, 15) is 0 Å². The first-order chi connectivity index (χ1) is 5.74. The molecule has 0 saturated carbocycles. The van der Waals surface area contributed by atoms with Gasteiger partial charge in [-0.05, 0) is 6.42 Å². The summed E-state index contributed by atoms with van der Waals surface area (Å²) in [5.41, 5.74) is 6.92. The first-order valence-electron chi connectivity index (χ1n) is 4.47. The highest BCUT2D eigenvalue weighted by Crippen LogP contribution is 2.13. The van der Waals surface area contributed by atoms with E-state index < -0.39 is 0 Å². The second-order valence-electron chi connectivity index (χ2n) is 3.21. The van der Waals surface area contributed by atoms with Gasteiger partial charge in [-0.25, -0.2) is 4.98 Å². The van der Waals surface area contributed by atoms with E-state index in [-0.39, 0.29) is 6.04 Å². The first kappa shape index (κ1) is 9.26. The predicted molar refractivity (Wildman–Crippen MR) is 49.7 cm³/mol. The van der Waals surface area contributed by atoms with Crippen molar-refractivity contribution in [1.82, 2.24) is 9.55 Å². The summed E-state index contributed by atoms with van der Waals surface area (Å²) < 4.78 is 1.93. The number of unbranched alkanes of at least 4 members (excludes halogenated alkanes) is 1. The smallest absolute Gasteiger partial charge is 0.0947 e. The number of hydrogen-bond acceptors (Lipinski definition) is 2. The van der Waals surface area contributed by atoms with Crippen molar-refractivity contribution in [3.63, 3.8) is 0 Å². The van der Waals surface area contributed by atoms with E-state index in [0.29, 0.717) is 0 Å². The van der Waals surface area contributed by atoms with Gasteiger partial charge in [-0.2, -0.15) is 0 Å². The summed E-state index contributed by atoms with van der Waals surface area (Å²) in [5, 5.41) is 0. The minimum absolute atomic E-state index is 0.117. The molecule has 3 nitrogen and oxygen atoms in total. The lowest BCUT2D eigenvalue weighted by Gasteiger charge is -2.06. The molecule has 0 amide bonds. The fraction of sp³-hybridized carbons (Fsp3) is 0.667. The van der Waals surface area contributed by atoms with Gasteiger partial charge >= 0.3 is 0 Å². The molecule has 3 heteroatoms. The highest BCUT2D eigenvalue weighted by atomic mass is 15.0. The van der Waals surface area contributed by atoms with Gasteiger partial charge in [0.1, 0.15) is 0 Å². The van der Waals surface area contributed by atoms with Gasteiger partial charge in [0.2, 0.25) is 0 Å². The average Bonchev–Trinajstić information content (AvgIpc) is 2.47. The van der Waals surface area contributed by atoms with Crippen LogP contribution in [0.25, 0.3) is 0 Å². The van der Waals surface area contributed by atoms with Crippen LogP contribution in [0.1, 0.15) is 37.9 Å². The quantitative estimate of drug-likeness (QED) is 0.740. The summed E-state index contributed by atoms with van der Waals surface area (Å²) >= 11 is 0. The van der Waals surface area contributed by atoms with Crippen LogP contribution in [0.2, 0.25) is 0 Å². The average molecular weight is 167 g/mol. The molecule has 0 aliphatic carbocycles. The first-order valence-corrected chi connectivity index (χ1v) is 4.47. The number of nitrogens with zero attached hydrogens (tertiary/aromatic N) is 2. The monoisotopic (exact) mass is 167 g/mol. The number of aromatic nitrogens is 2. The summed E-state index contributed by atoms with van der Waals surface area (Å²) in [6.07, 6.45) is 7.19. The van der Waals surface area contributed by atoms with Crippen LogP contribution in [0.4, 0.5) is 0 Å². The molecule has 0 aliphatic heterocycles. The zero-order chi connectivity index (χ0) is 8.97. The summed E-state index contributed by atoms with van der Waals surface area (Å²) in [4.78, 5) is 4.21. The second-order valence-corrected chi connectivity index (χ2v) is 3.21. The fourth-order valence-corrected chi connectivity index (χ4v) is 1.20. The molecule has 0 radical (unpaired) electrons. The van der Waals surface area contributed by atoms with E-state index in [4.69, 9.17) is 5.73 Å². The van der Waals surface area contributed by atoms with Crippen LogP contribution < -0.4 is 5.73 Å². The molecular formula is C9H17N3. The molecule has 1 rings (SSSR count). The van der Waals surface area contributed by atoms with Gasteiger partial charge in [0.15, 0.2) is 0 Å².